The fourth-order valence-corrected chi connectivity index (χ4v) is 2.20. The van der Waals surface area contributed by atoms with Gasteiger partial charge in [-0.05, 0) is 25.5 Å². The summed E-state index contributed by atoms with van der Waals surface area (Å²) in [5, 5.41) is 5.39. The minimum absolute atomic E-state index is 0.0915. The number of imide groups is 1. The minimum atomic E-state index is -0.449. The molecule has 1 heterocycles. The van der Waals surface area contributed by atoms with Crippen molar-refractivity contribution in [3.8, 4) is 0 Å². The van der Waals surface area contributed by atoms with E-state index in [0.29, 0.717) is 5.56 Å². The first-order valence-electron chi connectivity index (χ1n) is 6.97. The lowest BCUT2D eigenvalue weighted by Crippen LogP contribution is -2.53. The molecule has 0 aliphatic carbocycles. The van der Waals surface area contributed by atoms with Crippen LogP contribution in [0.25, 0.3) is 0 Å². The molecule has 0 aromatic heterocycles. The molecule has 6 heteroatoms. The monoisotopic (exact) mass is 289 g/mol. The summed E-state index contributed by atoms with van der Waals surface area (Å²) in [5.41, 5.74) is 2.17. The fraction of sp³-hybridized carbons (Fsp3) is 0.400. The van der Waals surface area contributed by atoms with Crippen LogP contribution < -0.4 is 10.6 Å². The van der Waals surface area contributed by atoms with Crippen molar-refractivity contribution in [1.29, 1.82) is 0 Å². The molecule has 1 aromatic carbocycles. The van der Waals surface area contributed by atoms with Crippen molar-refractivity contribution in [3.63, 3.8) is 0 Å². The second kappa shape index (κ2) is 6.39. The maximum atomic E-state index is 12.6. The molecule has 1 aliphatic heterocycles. The molecule has 0 unspecified atom stereocenters. The van der Waals surface area contributed by atoms with Crippen LogP contribution in [0, 0.1) is 6.92 Å². The van der Waals surface area contributed by atoms with Crippen molar-refractivity contribution >= 4 is 23.4 Å². The zero-order valence-corrected chi connectivity index (χ0v) is 12.2. The molecule has 1 aromatic rings. The number of anilines is 1. The van der Waals surface area contributed by atoms with Gasteiger partial charge in [-0.25, -0.2) is 0 Å². The third-order valence-electron chi connectivity index (χ3n) is 3.21. The SMILES string of the molecule is CCCNc1ccc(C)cc1C(=O)N1CC(=O)NC(=O)C1. The summed E-state index contributed by atoms with van der Waals surface area (Å²) in [5.74, 6) is -1.20. The average Bonchev–Trinajstić information content (AvgIpc) is 2.44. The van der Waals surface area contributed by atoms with Crippen LogP contribution in [0.15, 0.2) is 18.2 Å². The Bertz CT molecular complexity index is 568. The number of carbonyl (C=O) groups excluding carboxylic acids is 3. The van der Waals surface area contributed by atoms with E-state index < -0.39 is 11.8 Å². The third kappa shape index (κ3) is 3.59. The Labute approximate surface area is 123 Å². The van der Waals surface area contributed by atoms with E-state index in [2.05, 4.69) is 10.6 Å². The molecule has 1 aliphatic rings. The highest BCUT2D eigenvalue weighted by molar-refractivity contribution is 6.07. The quantitative estimate of drug-likeness (QED) is 0.808. The molecule has 3 amide bonds. The topological polar surface area (TPSA) is 78.5 Å². The normalized spacial score (nSPS) is 14.9. The van der Waals surface area contributed by atoms with E-state index >= 15 is 0 Å². The molecule has 0 saturated carbocycles. The number of hydrogen-bond acceptors (Lipinski definition) is 4. The molecule has 6 nitrogen and oxygen atoms in total. The van der Waals surface area contributed by atoms with Gasteiger partial charge >= 0.3 is 0 Å². The second-order valence-corrected chi connectivity index (χ2v) is 5.11. The van der Waals surface area contributed by atoms with Gasteiger partial charge < -0.3 is 10.2 Å². The van der Waals surface area contributed by atoms with Crippen LogP contribution in [-0.2, 0) is 9.59 Å². The molecule has 0 spiro atoms. The van der Waals surface area contributed by atoms with E-state index in [-0.39, 0.29) is 19.0 Å². The first-order valence-corrected chi connectivity index (χ1v) is 6.97. The van der Waals surface area contributed by atoms with Gasteiger partial charge in [0.15, 0.2) is 0 Å². The number of benzene rings is 1. The molecule has 0 bridgehead atoms. The van der Waals surface area contributed by atoms with E-state index in [1.165, 1.54) is 4.90 Å². The van der Waals surface area contributed by atoms with E-state index in [1.807, 2.05) is 26.0 Å². The van der Waals surface area contributed by atoms with Crippen molar-refractivity contribution in [1.82, 2.24) is 10.2 Å². The fourth-order valence-electron chi connectivity index (χ4n) is 2.20. The summed E-state index contributed by atoms with van der Waals surface area (Å²) in [6.07, 6.45) is 0.937. The van der Waals surface area contributed by atoms with Gasteiger partial charge in [0.1, 0.15) is 13.1 Å². The highest BCUT2D eigenvalue weighted by Gasteiger charge is 2.28. The highest BCUT2D eigenvalue weighted by atomic mass is 16.2. The number of piperazine rings is 1. The smallest absolute Gasteiger partial charge is 0.256 e. The van der Waals surface area contributed by atoms with E-state index in [9.17, 15) is 14.4 Å². The minimum Gasteiger partial charge on any atom is -0.384 e. The Morgan fingerprint density at radius 3 is 2.57 bits per heavy atom. The summed E-state index contributed by atoms with van der Waals surface area (Å²) in [6.45, 7) is 4.50. The van der Waals surface area contributed by atoms with Crippen molar-refractivity contribution in [3.05, 3.63) is 29.3 Å². The first-order chi connectivity index (χ1) is 10.0. The lowest BCUT2D eigenvalue weighted by Gasteiger charge is -2.26. The van der Waals surface area contributed by atoms with Crippen LogP contribution >= 0.6 is 0 Å². The predicted molar refractivity (Wildman–Crippen MR) is 79.0 cm³/mol. The number of carbonyl (C=O) groups is 3. The van der Waals surface area contributed by atoms with Crippen molar-refractivity contribution in [2.24, 2.45) is 0 Å². The van der Waals surface area contributed by atoms with E-state index in [4.69, 9.17) is 0 Å². The van der Waals surface area contributed by atoms with Crippen LogP contribution in [-0.4, -0.2) is 42.3 Å². The van der Waals surface area contributed by atoms with Gasteiger partial charge in [-0.2, -0.15) is 0 Å². The summed E-state index contributed by atoms with van der Waals surface area (Å²) in [6, 6.07) is 5.55. The molecule has 1 fully saturated rings. The number of hydrogen-bond donors (Lipinski definition) is 2. The standard InChI is InChI=1S/C15H19N3O3/c1-3-6-16-12-5-4-10(2)7-11(12)15(21)18-8-13(19)17-14(20)9-18/h4-5,7,16H,3,6,8-9H2,1-2H3,(H,17,19,20). The Kier molecular flexibility index (Phi) is 4.57. The molecular weight excluding hydrogens is 270 g/mol. The second-order valence-electron chi connectivity index (χ2n) is 5.11. The Morgan fingerprint density at radius 1 is 1.29 bits per heavy atom. The van der Waals surface area contributed by atoms with Crippen LogP contribution in [0.5, 0.6) is 0 Å². The number of aryl methyl sites for hydroxylation is 1. The molecule has 0 radical (unpaired) electrons. The van der Waals surface area contributed by atoms with Gasteiger partial charge in [0.2, 0.25) is 11.8 Å². The summed E-state index contributed by atoms with van der Waals surface area (Å²) < 4.78 is 0. The summed E-state index contributed by atoms with van der Waals surface area (Å²) in [7, 11) is 0. The molecular formula is C15H19N3O3. The lowest BCUT2D eigenvalue weighted by atomic mass is 10.1. The van der Waals surface area contributed by atoms with Crippen LogP contribution in [0.3, 0.4) is 0 Å². The highest BCUT2D eigenvalue weighted by Crippen LogP contribution is 2.20. The maximum absolute atomic E-state index is 12.6. The van der Waals surface area contributed by atoms with Gasteiger partial charge in [0.05, 0.1) is 5.56 Å². The number of amides is 3. The van der Waals surface area contributed by atoms with Crippen LogP contribution in [0.2, 0.25) is 0 Å². The maximum Gasteiger partial charge on any atom is 0.256 e. The number of nitrogens with one attached hydrogen (secondary N) is 2. The van der Waals surface area contributed by atoms with Gasteiger partial charge in [-0.15, -0.1) is 0 Å². The predicted octanol–water partition coefficient (Wildman–Crippen LogP) is 0.916. The van der Waals surface area contributed by atoms with Crippen molar-refractivity contribution in [2.75, 3.05) is 25.0 Å². The van der Waals surface area contributed by atoms with Crippen LogP contribution in [0.1, 0.15) is 29.3 Å². The summed E-state index contributed by atoms with van der Waals surface area (Å²) in [4.78, 5) is 36.7. The third-order valence-corrected chi connectivity index (χ3v) is 3.21. The van der Waals surface area contributed by atoms with Gasteiger partial charge in [-0.1, -0.05) is 18.6 Å². The largest absolute Gasteiger partial charge is 0.384 e. The van der Waals surface area contributed by atoms with Gasteiger partial charge in [0, 0.05) is 12.2 Å². The summed E-state index contributed by atoms with van der Waals surface area (Å²) >= 11 is 0. The zero-order valence-electron chi connectivity index (χ0n) is 12.2. The van der Waals surface area contributed by atoms with Crippen molar-refractivity contribution < 1.29 is 14.4 Å². The zero-order chi connectivity index (χ0) is 15.4. The Hall–Kier alpha value is -2.37. The molecule has 21 heavy (non-hydrogen) atoms. The molecule has 2 N–H and O–H groups in total. The van der Waals surface area contributed by atoms with Gasteiger partial charge in [-0.3, -0.25) is 19.7 Å². The molecule has 112 valence electrons. The lowest BCUT2D eigenvalue weighted by molar-refractivity contribution is -0.135. The molecule has 2 rings (SSSR count). The number of nitrogens with zero attached hydrogens (tertiary/aromatic N) is 1. The van der Waals surface area contributed by atoms with E-state index in [0.717, 1.165) is 24.2 Å². The Balaban J connectivity index is 2.26. The van der Waals surface area contributed by atoms with Gasteiger partial charge in [0.25, 0.3) is 5.91 Å². The average molecular weight is 289 g/mol. The first kappa shape index (κ1) is 15.0. The van der Waals surface area contributed by atoms with E-state index in [1.54, 1.807) is 6.07 Å². The number of rotatable bonds is 4. The Morgan fingerprint density at radius 2 is 1.95 bits per heavy atom. The van der Waals surface area contributed by atoms with Crippen LogP contribution in [0.4, 0.5) is 5.69 Å². The van der Waals surface area contributed by atoms with Crippen molar-refractivity contribution in [2.45, 2.75) is 20.3 Å². The molecule has 0 atom stereocenters. The molecule has 1 saturated heterocycles.